The molecule has 8 nitrogen and oxygen atoms in total. The molecule has 4 heterocycles. The van der Waals surface area contributed by atoms with Gasteiger partial charge in [-0.2, -0.15) is 0 Å². The summed E-state index contributed by atoms with van der Waals surface area (Å²) in [5, 5.41) is 9.57. The highest BCUT2D eigenvalue weighted by Crippen LogP contribution is 2.58. The zero-order chi connectivity index (χ0) is 21.0. The van der Waals surface area contributed by atoms with E-state index >= 15 is 0 Å². The predicted molar refractivity (Wildman–Crippen MR) is 102 cm³/mol. The number of hydrogen-bond donors (Lipinski definition) is 1. The van der Waals surface area contributed by atoms with E-state index in [-0.39, 0.29) is 37.6 Å². The van der Waals surface area contributed by atoms with Crippen molar-refractivity contribution in [2.24, 2.45) is 11.8 Å². The van der Waals surface area contributed by atoms with Crippen molar-refractivity contribution in [3.05, 3.63) is 24.3 Å². The van der Waals surface area contributed by atoms with Gasteiger partial charge >= 0.3 is 5.97 Å². The number of aliphatic hydroxyl groups excluding tert-OH is 1. The molecule has 0 aliphatic carbocycles. The van der Waals surface area contributed by atoms with Gasteiger partial charge in [-0.05, 0) is 26.3 Å². The third kappa shape index (κ3) is 2.61. The second-order valence-corrected chi connectivity index (χ2v) is 8.40. The maximum absolute atomic E-state index is 13.6. The number of amides is 2. The predicted octanol–water partition coefficient (Wildman–Crippen LogP) is 0.260. The number of rotatable bonds is 4. The number of fused-ring (bicyclic) bond motifs is 2. The normalized spacial score (nSPS) is 38.7. The summed E-state index contributed by atoms with van der Waals surface area (Å²) in [7, 11) is 0. The summed E-state index contributed by atoms with van der Waals surface area (Å²) in [5.41, 5.74) is -2.27. The third-order valence-electron chi connectivity index (χ3n) is 6.69. The Kier molecular flexibility index (Phi) is 4.82. The van der Waals surface area contributed by atoms with E-state index in [2.05, 4.69) is 0 Å². The van der Waals surface area contributed by atoms with Gasteiger partial charge in [0.2, 0.25) is 11.8 Å². The van der Waals surface area contributed by atoms with Crippen LogP contribution >= 0.6 is 0 Å². The Labute approximate surface area is 170 Å². The van der Waals surface area contributed by atoms with E-state index in [4.69, 9.17) is 9.47 Å². The van der Waals surface area contributed by atoms with Crippen molar-refractivity contribution >= 4 is 17.8 Å². The Morgan fingerprint density at radius 3 is 2.59 bits per heavy atom. The topological polar surface area (TPSA) is 96.4 Å². The van der Waals surface area contributed by atoms with Gasteiger partial charge in [0.1, 0.15) is 29.8 Å². The number of cyclic esters (lactones) is 1. The minimum Gasteiger partial charge on any atom is -0.461 e. The lowest BCUT2D eigenvalue weighted by Gasteiger charge is -2.38. The first-order valence-electron chi connectivity index (χ1n) is 10.3. The van der Waals surface area contributed by atoms with Gasteiger partial charge in [0, 0.05) is 19.1 Å². The monoisotopic (exact) mass is 404 g/mol. The Bertz CT molecular complexity index is 792. The molecule has 158 valence electrons. The van der Waals surface area contributed by atoms with Crippen LogP contribution in [0.5, 0.6) is 0 Å². The smallest absolute Gasteiger partial charge is 0.313 e. The van der Waals surface area contributed by atoms with Crippen LogP contribution in [0.1, 0.15) is 27.2 Å². The van der Waals surface area contributed by atoms with Crippen molar-refractivity contribution in [3.8, 4) is 0 Å². The molecule has 4 aliphatic rings. The van der Waals surface area contributed by atoms with Gasteiger partial charge < -0.3 is 24.4 Å². The molecule has 4 rings (SSSR count). The Hall–Kier alpha value is -2.19. The van der Waals surface area contributed by atoms with Gasteiger partial charge in [-0.3, -0.25) is 14.4 Å². The molecule has 5 atom stereocenters. The van der Waals surface area contributed by atoms with Crippen molar-refractivity contribution in [2.75, 3.05) is 26.3 Å². The number of hydrogen-bond acceptors (Lipinski definition) is 6. The number of nitrogens with zero attached hydrogens (tertiary/aromatic N) is 2. The molecule has 0 saturated carbocycles. The molecule has 2 fully saturated rings. The van der Waals surface area contributed by atoms with Gasteiger partial charge in [-0.1, -0.05) is 25.2 Å². The van der Waals surface area contributed by atoms with Crippen LogP contribution < -0.4 is 0 Å². The molecule has 1 unspecified atom stereocenters. The van der Waals surface area contributed by atoms with E-state index in [1.54, 1.807) is 17.1 Å². The molecule has 0 aromatic carbocycles. The third-order valence-corrected chi connectivity index (χ3v) is 6.69. The maximum Gasteiger partial charge on any atom is 0.313 e. The molecule has 2 saturated heterocycles. The van der Waals surface area contributed by atoms with Gasteiger partial charge in [0.15, 0.2) is 0 Å². The average Bonchev–Trinajstić information content (AvgIpc) is 2.94. The van der Waals surface area contributed by atoms with Crippen LogP contribution in [0.2, 0.25) is 0 Å². The zero-order valence-corrected chi connectivity index (χ0v) is 17.0. The molecule has 29 heavy (non-hydrogen) atoms. The van der Waals surface area contributed by atoms with Crippen molar-refractivity contribution < 1.29 is 29.0 Å². The quantitative estimate of drug-likeness (QED) is 0.533. The summed E-state index contributed by atoms with van der Waals surface area (Å²) in [6.07, 6.45) is 7.68. The highest BCUT2D eigenvalue weighted by molar-refractivity contribution is 5.99. The van der Waals surface area contributed by atoms with Crippen molar-refractivity contribution in [1.29, 1.82) is 0 Å². The van der Waals surface area contributed by atoms with Crippen LogP contribution in [0, 0.1) is 11.8 Å². The second kappa shape index (κ2) is 6.95. The van der Waals surface area contributed by atoms with Crippen molar-refractivity contribution in [2.45, 2.75) is 50.5 Å². The Morgan fingerprint density at radius 2 is 1.93 bits per heavy atom. The number of esters is 1. The van der Waals surface area contributed by atoms with E-state index in [1.807, 2.05) is 32.9 Å². The number of carbonyl (C=O) groups is 3. The first-order valence-corrected chi connectivity index (χ1v) is 10.3. The van der Waals surface area contributed by atoms with Gasteiger partial charge in [-0.15, -0.1) is 0 Å². The minimum atomic E-state index is -1.27. The zero-order valence-electron chi connectivity index (χ0n) is 17.0. The summed E-state index contributed by atoms with van der Waals surface area (Å²) in [4.78, 5) is 43.1. The van der Waals surface area contributed by atoms with Gasteiger partial charge in [-0.25, -0.2) is 0 Å². The Morgan fingerprint density at radius 1 is 1.17 bits per heavy atom. The van der Waals surface area contributed by atoms with Crippen LogP contribution in [0.15, 0.2) is 24.3 Å². The average molecular weight is 404 g/mol. The molecule has 2 amide bonds. The summed E-state index contributed by atoms with van der Waals surface area (Å²) < 4.78 is 12.0. The SMILES string of the molecule is CC[C@@]12C=CCOC(=O)[C@@H]1[C@H]1C(=O)N(CCO)C3C(=O)N(C(C)C)CC=C[C@@]31O2. The number of carbonyl (C=O) groups excluding carboxylic acids is 3. The molecule has 1 N–H and O–H groups in total. The molecule has 0 bridgehead atoms. The molecule has 4 aliphatic heterocycles. The molecular formula is C21H28N2O6. The largest absolute Gasteiger partial charge is 0.461 e. The summed E-state index contributed by atoms with van der Waals surface area (Å²) in [5.74, 6) is -2.77. The van der Waals surface area contributed by atoms with Crippen LogP contribution in [-0.4, -0.2) is 82.3 Å². The lowest BCUT2D eigenvalue weighted by Crippen LogP contribution is -2.57. The molecule has 0 radical (unpaired) electrons. The highest BCUT2D eigenvalue weighted by Gasteiger charge is 2.75. The van der Waals surface area contributed by atoms with Crippen LogP contribution in [0.4, 0.5) is 0 Å². The number of likely N-dealkylation sites (tertiary alicyclic amines) is 1. The second-order valence-electron chi connectivity index (χ2n) is 8.40. The fraction of sp³-hybridized carbons (Fsp3) is 0.667. The Balaban J connectivity index is 1.91. The van der Waals surface area contributed by atoms with Gasteiger partial charge in [0.05, 0.1) is 12.5 Å². The van der Waals surface area contributed by atoms with E-state index in [9.17, 15) is 19.5 Å². The highest BCUT2D eigenvalue weighted by atomic mass is 16.6. The van der Waals surface area contributed by atoms with Crippen LogP contribution in [0.3, 0.4) is 0 Å². The van der Waals surface area contributed by atoms with E-state index < -0.39 is 35.0 Å². The fourth-order valence-electron chi connectivity index (χ4n) is 5.43. The lowest BCUT2D eigenvalue weighted by atomic mass is 9.73. The lowest BCUT2D eigenvalue weighted by molar-refractivity contribution is -0.159. The van der Waals surface area contributed by atoms with Crippen molar-refractivity contribution in [3.63, 3.8) is 0 Å². The first-order chi connectivity index (χ1) is 13.8. The van der Waals surface area contributed by atoms with Crippen molar-refractivity contribution in [1.82, 2.24) is 9.80 Å². The molecular weight excluding hydrogens is 376 g/mol. The number of aliphatic hydroxyl groups is 1. The molecule has 1 spiro atoms. The minimum absolute atomic E-state index is 0.00730. The van der Waals surface area contributed by atoms with Crippen LogP contribution in [0.25, 0.3) is 0 Å². The standard InChI is InChI=1S/C21H28N2O6/c1-4-20-7-6-12-28-19(27)15(20)14-17(25)23(10-11-24)16-18(26)22(13(2)3)9-5-8-21(14,16)29-20/h5-8,13-16,24H,4,9-12H2,1-3H3/t14-,15-,16?,20+,21-/m0/s1. The number of β-amino-alcohol motifs (C(OH)–C–C–N with tert-alkyl or cyclic N) is 1. The number of ether oxygens (including phenoxy) is 2. The first kappa shape index (κ1) is 20.1. The molecule has 0 aromatic heterocycles. The molecule has 8 heteroatoms. The van der Waals surface area contributed by atoms with E-state index in [1.165, 1.54) is 4.90 Å². The summed E-state index contributed by atoms with van der Waals surface area (Å²) in [6, 6.07) is -0.992. The van der Waals surface area contributed by atoms with E-state index in [0.717, 1.165) is 0 Å². The molecule has 0 aromatic rings. The van der Waals surface area contributed by atoms with E-state index in [0.29, 0.717) is 13.0 Å². The fourth-order valence-corrected chi connectivity index (χ4v) is 5.43. The van der Waals surface area contributed by atoms with Gasteiger partial charge in [0.25, 0.3) is 0 Å². The maximum atomic E-state index is 13.6. The summed E-state index contributed by atoms with van der Waals surface area (Å²) >= 11 is 0. The van der Waals surface area contributed by atoms with Crippen LogP contribution in [-0.2, 0) is 23.9 Å². The summed E-state index contributed by atoms with van der Waals surface area (Å²) in [6.45, 7) is 6.00.